The van der Waals surface area contributed by atoms with Crippen molar-refractivity contribution in [2.45, 2.75) is 53.0 Å². The van der Waals surface area contributed by atoms with Crippen molar-refractivity contribution < 1.29 is 14.2 Å². The molecule has 45 heavy (non-hydrogen) atoms. The second kappa shape index (κ2) is 16.3. The fourth-order valence-electron chi connectivity index (χ4n) is 5.28. The van der Waals surface area contributed by atoms with E-state index in [4.69, 9.17) is 30.8 Å². The number of pyridine rings is 1. The van der Waals surface area contributed by atoms with Crippen molar-refractivity contribution in [2.75, 3.05) is 32.8 Å². The number of unbranched alkanes of at least 4 members (excludes halogenated alkanes) is 1. The van der Waals surface area contributed by atoms with Crippen molar-refractivity contribution in [1.29, 1.82) is 0 Å². The summed E-state index contributed by atoms with van der Waals surface area (Å²) in [7, 11) is 0. The highest BCUT2D eigenvalue weighted by Crippen LogP contribution is 2.37. The van der Waals surface area contributed by atoms with Crippen molar-refractivity contribution in [3.63, 3.8) is 0 Å². The van der Waals surface area contributed by atoms with E-state index in [-0.39, 0.29) is 0 Å². The van der Waals surface area contributed by atoms with E-state index >= 15 is 0 Å². The maximum atomic E-state index is 6.37. The van der Waals surface area contributed by atoms with E-state index in [0.717, 1.165) is 90.8 Å². The van der Waals surface area contributed by atoms with Crippen LogP contribution in [0.1, 0.15) is 45.6 Å². The SMILES string of the molecule is CCCCn1c(-c2ccc(OCCc3ccc(Cl)cc3)cc2)nc2c(Oc3cccnc3)cc(OCCCN(CC)CC)cc21. The molecule has 0 aliphatic heterocycles. The van der Waals surface area contributed by atoms with Gasteiger partial charge in [-0.15, -0.1) is 0 Å². The van der Waals surface area contributed by atoms with Crippen LogP contribution in [0.2, 0.25) is 5.02 Å². The fraction of sp³-hybridized carbons (Fsp3) is 0.351. The molecule has 0 spiro atoms. The number of halogens is 1. The highest BCUT2D eigenvalue weighted by Gasteiger charge is 2.19. The number of aryl methyl sites for hydroxylation is 1. The van der Waals surface area contributed by atoms with Gasteiger partial charge >= 0.3 is 0 Å². The van der Waals surface area contributed by atoms with E-state index in [2.05, 4.69) is 53.4 Å². The monoisotopic (exact) mass is 626 g/mol. The second-order valence-corrected chi connectivity index (χ2v) is 11.4. The lowest BCUT2D eigenvalue weighted by Crippen LogP contribution is -2.25. The number of fused-ring (bicyclic) bond motifs is 1. The molecule has 0 saturated heterocycles. The first-order chi connectivity index (χ1) is 22.1. The molecule has 0 aliphatic carbocycles. The molecular weight excluding hydrogens is 584 g/mol. The Morgan fingerprint density at radius 2 is 1.60 bits per heavy atom. The second-order valence-electron chi connectivity index (χ2n) is 11.0. The van der Waals surface area contributed by atoms with Crippen LogP contribution in [0, 0.1) is 0 Å². The lowest BCUT2D eigenvalue weighted by molar-refractivity contribution is 0.249. The number of hydrogen-bond acceptors (Lipinski definition) is 6. The molecule has 5 rings (SSSR count). The number of benzene rings is 3. The molecule has 5 aromatic rings. The molecule has 0 atom stereocenters. The molecule has 0 aliphatic rings. The van der Waals surface area contributed by atoms with Crippen LogP contribution in [0.5, 0.6) is 23.0 Å². The number of imidazole rings is 1. The Morgan fingerprint density at radius 3 is 2.31 bits per heavy atom. The normalized spacial score (nSPS) is 11.3. The van der Waals surface area contributed by atoms with Crippen molar-refractivity contribution in [1.82, 2.24) is 19.4 Å². The minimum absolute atomic E-state index is 0.586. The topological polar surface area (TPSA) is 61.6 Å². The summed E-state index contributed by atoms with van der Waals surface area (Å²) >= 11 is 6.01. The van der Waals surface area contributed by atoms with Gasteiger partial charge in [0.1, 0.15) is 28.6 Å². The molecule has 0 saturated carbocycles. The highest BCUT2D eigenvalue weighted by molar-refractivity contribution is 6.30. The van der Waals surface area contributed by atoms with E-state index in [1.807, 2.05) is 54.6 Å². The molecule has 0 radical (unpaired) electrons. The van der Waals surface area contributed by atoms with E-state index < -0.39 is 0 Å². The van der Waals surface area contributed by atoms with Crippen LogP contribution in [-0.4, -0.2) is 52.3 Å². The molecule has 0 bridgehead atoms. The summed E-state index contributed by atoms with van der Waals surface area (Å²) < 4.78 is 21.0. The summed E-state index contributed by atoms with van der Waals surface area (Å²) in [5.41, 5.74) is 3.99. The van der Waals surface area contributed by atoms with Crippen molar-refractivity contribution in [3.8, 4) is 34.4 Å². The van der Waals surface area contributed by atoms with Crippen LogP contribution in [0.15, 0.2) is 85.2 Å². The molecule has 0 fully saturated rings. The molecule has 0 N–H and O–H groups in total. The Kier molecular flexibility index (Phi) is 11.7. The number of rotatable bonds is 17. The number of hydrogen-bond donors (Lipinski definition) is 0. The van der Waals surface area contributed by atoms with E-state index in [0.29, 0.717) is 24.7 Å². The standard InChI is InChI=1S/C37H43ClN4O3/c1-4-7-22-42-34-25-33(43-23-9-21-41(5-2)6-3)26-35(45-32-10-8-20-39-27-32)36(34)40-37(42)29-13-17-31(18-14-29)44-24-19-28-11-15-30(38)16-12-28/h8,10-18,20,25-27H,4-7,9,19,21-24H2,1-3H3. The predicted octanol–water partition coefficient (Wildman–Crippen LogP) is 9.08. The first-order valence-electron chi connectivity index (χ1n) is 16.0. The first-order valence-corrected chi connectivity index (χ1v) is 16.4. The third-order valence-electron chi connectivity index (χ3n) is 7.86. The minimum atomic E-state index is 0.586. The van der Waals surface area contributed by atoms with Gasteiger partial charge in [-0.05, 0) is 80.0 Å². The summed E-state index contributed by atoms with van der Waals surface area (Å²) in [6.07, 6.45) is 7.31. The van der Waals surface area contributed by atoms with Gasteiger partial charge < -0.3 is 23.7 Å². The summed E-state index contributed by atoms with van der Waals surface area (Å²) in [5, 5.41) is 0.741. The van der Waals surface area contributed by atoms with Crippen LogP contribution in [0.3, 0.4) is 0 Å². The molecule has 8 heteroatoms. The Labute approximate surface area is 271 Å². The summed E-state index contributed by atoms with van der Waals surface area (Å²) in [6.45, 7) is 11.7. The van der Waals surface area contributed by atoms with Crippen LogP contribution in [-0.2, 0) is 13.0 Å². The number of nitrogens with zero attached hydrogens (tertiary/aromatic N) is 4. The van der Waals surface area contributed by atoms with Gasteiger partial charge in [-0.2, -0.15) is 0 Å². The Bertz CT molecular complexity index is 1620. The third kappa shape index (κ3) is 8.77. The summed E-state index contributed by atoms with van der Waals surface area (Å²) in [5.74, 6) is 3.79. The largest absolute Gasteiger partial charge is 0.493 e. The van der Waals surface area contributed by atoms with Gasteiger partial charge in [0.15, 0.2) is 5.75 Å². The van der Waals surface area contributed by atoms with Gasteiger partial charge in [-0.3, -0.25) is 4.98 Å². The quantitative estimate of drug-likeness (QED) is 0.0960. The van der Waals surface area contributed by atoms with Crippen LogP contribution < -0.4 is 14.2 Å². The highest BCUT2D eigenvalue weighted by atomic mass is 35.5. The van der Waals surface area contributed by atoms with Gasteiger partial charge in [0.05, 0.1) is 24.9 Å². The maximum Gasteiger partial charge on any atom is 0.159 e. The van der Waals surface area contributed by atoms with Gasteiger partial charge in [-0.25, -0.2) is 4.98 Å². The fourth-order valence-corrected chi connectivity index (χ4v) is 5.41. The molecule has 2 aromatic heterocycles. The van der Waals surface area contributed by atoms with Crippen LogP contribution >= 0.6 is 11.6 Å². The van der Waals surface area contributed by atoms with Gasteiger partial charge in [-0.1, -0.05) is 50.9 Å². The van der Waals surface area contributed by atoms with Gasteiger partial charge in [0, 0.05) is 48.4 Å². The minimum Gasteiger partial charge on any atom is -0.493 e. The van der Waals surface area contributed by atoms with Crippen LogP contribution in [0.4, 0.5) is 0 Å². The number of aromatic nitrogens is 3. The third-order valence-corrected chi connectivity index (χ3v) is 8.11. The lowest BCUT2D eigenvalue weighted by Gasteiger charge is -2.18. The Morgan fingerprint density at radius 1 is 0.822 bits per heavy atom. The average Bonchev–Trinajstić information content (AvgIpc) is 3.44. The molecule has 7 nitrogen and oxygen atoms in total. The maximum absolute atomic E-state index is 6.37. The van der Waals surface area contributed by atoms with Crippen molar-refractivity contribution in [2.24, 2.45) is 0 Å². The predicted molar refractivity (Wildman–Crippen MR) is 183 cm³/mol. The molecule has 236 valence electrons. The van der Waals surface area contributed by atoms with Gasteiger partial charge in [0.2, 0.25) is 0 Å². The smallest absolute Gasteiger partial charge is 0.159 e. The zero-order valence-corrected chi connectivity index (χ0v) is 27.3. The van der Waals surface area contributed by atoms with Crippen molar-refractivity contribution in [3.05, 3.63) is 95.8 Å². The summed E-state index contributed by atoms with van der Waals surface area (Å²) in [6, 6.07) is 23.9. The first kappa shape index (κ1) is 32.3. The van der Waals surface area contributed by atoms with Gasteiger partial charge in [0.25, 0.3) is 0 Å². The Balaban J connectivity index is 1.41. The molecule has 0 unspecified atom stereocenters. The Hall–Kier alpha value is -4.07. The average molecular weight is 627 g/mol. The summed E-state index contributed by atoms with van der Waals surface area (Å²) in [4.78, 5) is 11.8. The lowest BCUT2D eigenvalue weighted by atomic mass is 10.1. The van der Waals surface area contributed by atoms with E-state index in [9.17, 15) is 0 Å². The molecule has 0 amide bonds. The molecule has 2 heterocycles. The molecule has 3 aromatic carbocycles. The van der Waals surface area contributed by atoms with Crippen molar-refractivity contribution >= 4 is 22.6 Å². The zero-order valence-electron chi connectivity index (χ0n) is 26.5. The number of ether oxygens (including phenoxy) is 3. The van der Waals surface area contributed by atoms with E-state index in [1.54, 1.807) is 12.4 Å². The van der Waals surface area contributed by atoms with Crippen LogP contribution in [0.25, 0.3) is 22.4 Å². The zero-order chi connectivity index (χ0) is 31.4. The molecular formula is C37H43ClN4O3. The van der Waals surface area contributed by atoms with E-state index in [1.165, 1.54) is 5.56 Å².